The molecule has 150 valence electrons. The molecule has 0 amide bonds. The van der Waals surface area contributed by atoms with E-state index >= 15 is 0 Å². The number of nitrogen functional groups attached to an aromatic ring is 1. The zero-order valence-corrected chi connectivity index (χ0v) is 17.1. The van der Waals surface area contributed by atoms with Crippen LogP contribution < -0.4 is 16.7 Å². The van der Waals surface area contributed by atoms with Crippen LogP contribution in [-0.4, -0.2) is 36.4 Å². The number of hydrogen-bond donors (Lipinski definition) is 2. The van der Waals surface area contributed by atoms with Crippen LogP contribution in [0.15, 0.2) is 21.3 Å². The van der Waals surface area contributed by atoms with Crippen molar-refractivity contribution >= 4 is 49.1 Å². The minimum Gasteiger partial charge on any atom is -0.375 e. The Bertz CT molecular complexity index is 1340. The van der Waals surface area contributed by atoms with Gasteiger partial charge in [-0.15, -0.1) is 11.3 Å². The van der Waals surface area contributed by atoms with Crippen molar-refractivity contribution in [1.82, 2.24) is 29.7 Å². The summed E-state index contributed by atoms with van der Waals surface area (Å²) in [4.78, 5) is 21.7. The molecule has 0 spiro atoms. The first kappa shape index (κ1) is 18.1. The average Bonchev–Trinajstić information content (AvgIpc) is 3.40. The van der Waals surface area contributed by atoms with Crippen LogP contribution in [0.1, 0.15) is 17.6 Å². The fraction of sp³-hybridized carbons (Fsp3) is 0.375. The number of fused-ring (bicyclic) bond motifs is 3. The van der Waals surface area contributed by atoms with Crippen molar-refractivity contribution in [3.63, 3.8) is 0 Å². The second-order valence-electron chi connectivity index (χ2n) is 7.21. The summed E-state index contributed by atoms with van der Waals surface area (Å²) in [7, 11) is 1.79. The summed E-state index contributed by atoms with van der Waals surface area (Å²) >= 11 is 2.22. The van der Waals surface area contributed by atoms with Crippen LogP contribution in [0.5, 0.6) is 0 Å². The van der Waals surface area contributed by atoms with Crippen molar-refractivity contribution in [2.45, 2.75) is 25.4 Å². The molecule has 0 aromatic carbocycles. The number of nitrogens with one attached hydrogen (secondary N) is 1. The lowest BCUT2D eigenvalue weighted by Gasteiger charge is -2.21. The molecule has 1 aliphatic heterocycles. The molecule has 0 fully saturated rings. The lowest BCUT2D eigenvalue weighted by Crippen LogP contribution is -2.45. The summed E-state index contributed by atoms with van der Waals surface area (Å²) in [5, 5.41) is 13.3. The highest BCUT2D eigenvalue weighted by molar-refractivity contribution is 7.19. The number of aromatic nitrogens is 5. The van der Waals surface area contributed by atoms with E-state index in [0.717, 1.165) is 21.4 Å². The van der Waals surface area contributed by atoms with Crippen molar-refractivity contribution in [1.29, 1.82) is 0 Å². The normalized spacial score (nSPS) is 18.9. The van der Waals surface area contributed by atoms with Gasteiger partial charge in [0.2, 0.25) is 5.13 Å². The molecule has 10 nitrogen and oxygen atoms in total. The van der Waals surface area contributed by atoms with Gasteiger partial charge < -0.3 is 10.3 Å². The molecule has 5 rings (SSSR count). The van der Waals surface area contributed by atoms with Gasteiger partial charge in [-0.3, -0.25) is 10.2 Å². The second kappa shape index (κ2) is 6.29. The Morgan fingerprint density at radius 3 is 2.90 bits per heavy atom. The molecular weight excluding hydrogens is 417 g/mol. The van der Waals surface area contributed by atoms with E-state index < -0.39 is 10.7 Å². The molecule has 0 radical (unpaired) electrons. The van der Waals surface area contributed by atoms with Crippen LogP contribution >= 0.6 is 22.7 Å². The Kier molecular flexibility index (Phi) is 3.93. The molecule has 0 aliphatic carbocycles. The second-order valence-corrected chi connectivity index (χ2v) is 9.27. The van der Waals surface area contributed by atoms with Gasteiger partial charge in [0.25, 0.3) is 5.56 Å². The molecule has 0 saturated heterocycles. The summed E-state index contributed by atoms with van der Waals surface area (Å²) in [5.74, 6) is 0. The monoisotopic (exact) mass is 433 g/mol. The minimum atomic E-state index is -0.447. The van der Waals surface area contributed by atoms with E-state index in [-0.39, 0.29) is 22.8 Å². The summed E-state index contributed by atoms with van der Waals surface area (Å²) in [6.07, 6.45) is 1.93. The van der Waals surface area contributed by atoms with Crippen molar-refractivity contribution in [3.8, 4) is 0 Å². The number of halogens is 1. The highest BCUT2D eigenvalue weighted by Crippen LogP contribution is 2.32. The van der Waals surface area contributed by atoms with Gasteiger partial charge in [-0.1, -0.05) is 16.6 Å². The predicted octanol–water partition coefficient (Wildman–Crippen LogP) is 1.84. The first-order valence-electron chi connectivity index (χ1n) is 8.73. The van der Waals surface area contributed by atoms with Crippen LogP contribution in [0.2, 0.25) is 0 Å². The van der Waals surface area contributed by atoms with E-state index in [1.165, 1.54) is 16.0 Å². The van der Waals surface area contributed by atoms with Gasteiger partial charge in [0, 0.05) is 18.9 Å². The highest BCUT2D eigenvalue weighted by Gasteiger charge is 2.30. The third-order valence-electron chi connectivity index (χ3n) is 4.86. The molecule has 13 heteroatoms. The van der Waals surface area contributed by atoms with Crippen molar-refractivity contribution in [2.24, 2.45) is 17.4 Å². The number of hydrogen-bond acceptors (Lipinski definition) is 10. The highest BCUT2D eigenvalue weighted by atomic mass is 32.1. The number of nitrogens with two attached hydrogens (primary N) is 1. The number of aryl methyl sites for hydroxylation is 1. The fourth-order valence-corrected chi connectivity index (χ4v) is 5.11. The first-order chi connectivity index (χ1) is 13.8. The summed E-state index contributed by atoms with van der Waals surface area (Å²) in [6, 6.07) is 0. The van der Waals surface area contributed by atoms with Crippen molar-refractivity contribution in [3.05, 3.63) is 32.4 Å². The van der Waals surface area contributed by atoms with Crippen molar-refractivity contribution < 1.29 is 4.39 Å². The maximum Gasteiger partial charge on any atom is 0.291 e. The Labute approximate surface area is 170 Å². The third-order valence-corrected chi connectivity index (χ3v) is 6.66. The topological polar surface area (TPSA) is 128 Å². The van der Waals surface area contributed by atoms with Gasteiger partial charge in [-0.05, 0) is 6.92 Å². The van der Waals surface area contributed by atoms with E-state index in [4.69, 9.17) is 5.73 Å². The maximum absolute atomic E-state index is 13.9. The fourth-order valence-electron chi connectivity index (χ4n) is 3.42. The molecule has 1 atom stereocenters. The first-order valence-corrected chi connectivity index (χ1v) is 10.4. The third kappa shape index (κ3) is 2.88. The summed E-state index contributed by atoms with van der Waals surface area (Å²) in [5.41, 5.74) is 9.32. The Hall–Kier alpha value is -2.93. The van der Waals surface area contributed by atoms with Crippen LogP contribution in [-0.2, 0) is 20.0 Å². The molecule has 0 saturated carbocycles. The predicted molar refractivity (Wildman–Crippen MR) is 109 cm³/mol. The Balaban J connectivity index is 1.56. The zero-order chi connectivity index (χ0) is 20.3. The van der Waals surface area contributed by atoms with Gasteiger partial charge in [0.05, 0.1) is 35.2 Å². The average molecular weight is 433 g/mol. The number of nitrogens with zero attached hydrogens (tertiary/aromatic N) is 7. The van der Waals surface area contributed by atoms with Crippen LogP contribution in [0.25, 0.3) is 21.3 Å². The Morgan fingerprint density at radius 2 is 2.21 bits per heavy atom. The van der Waals surface area contributed by atoms with Gasteiger partial charge in [0.1, 0.15) is 10.5 Å². The lowest BCUT2D eigenvalue weighted by molar-refractivity contribution is 0.336. The van der Waals surface area contributed by atoms with Gasteiger partial charge in [0.15, 0.2) is 10.8 Å². The number of anilines is 1. The number of thiazole rings is 2. The standard InChI is InChI=1S/C16H16FN9OS2/c1-16(5-19-24-23-16)6-26-14(27)10-7(4-20-26)11-13(25(10)2)22-9(28-11)3-8-12(17)29-15(18)21-8/h4H,3,5-6H2,1-2H3,(H2,18,21)(H,19,23). The molecule has 0 bridgehead atoms. The smallest absolute Gasteiger partial charge is 0.291 e. The van der Waals surface area contributed by atoms with E-state index in [9.17, 15) is 9.18 Å². The van der Waals surface area contributed by atoms with E-state index in [1.807, 2.05) is 6.92 Å². The van der Waals surface area contributed by atoms with Crippen LogP contribution in [0, 0.1) is 5.13 Å². The molecule has 4 aromatic heterocycles. The van der Waals surface area contributed by atoms with Crippen LogP contribution in [0.3, 0.4) is 0 Å². The van der Waals surface area contributed by atoms with Gasteiger partial charge in [-0.25, -0.2) is 14.6 Å². The maximum atomic E-state index is 13.9. The zero-order valence-electron chi connectivity index (χ0n) is 15.5. The quantitative estimate of drug-likeness (QED) is 0.505. The SMILES string of the molecule is Cn1c2nc(Cc3nc(N)sc3F)sc2c2cnn(CC3(C)CN=NN3)c(=O)c21. The van der Waals surface area contributed by atoms with Crippen LogP contribution in [0.4, 0.5) is 9.52 Å². The largest absolute Gasteiger partial charge is 0.375 e. The molecule has 5 heterocycles. The summed E-state index contributed by atoms with van der Waals surface area (Å²) < 4.78 is 17.9. The van der Waals surface area contributed by atoms with E-state index in [2.05, 4.69) is 30.8 Å². The van der Waals surface area contributed by atoms with Gasteiger partial charge >= 0.3 is 0 Å². The molecular formula is C16H16FN9OS2. The Morgan fingerprint density at radius 1 is 1.38 bits per heavy atom. The number of rotatable bonds is 4. The molecule has 1 aliphatic rings. The minimum absolute atomic E-state index is 0.194. The lowest BCUT2D eigenvalue weighted by atomic mass is 10.1. The molecule has 29 heavy (non-hydrogen) atoms. The molecule has 3 N–H and O–H groups in total. The summed E-state index contributed by atoms with van der Waals surface area (Å²) in [6.45, 7) is 2.76. The van der Waals surface area contributed by atoms with Gasteiger partial charge in [-0.2, -0.15) is 14.6 Å². The van der Waals surface area contributed by atoms with Crippen molar-refractivity contribution in [2.75, 3.05) is 12.3 Å². The van der Waals surface area contributed by atoms with E-state index in [1.54, 1.807) is 17.8 Å². The molecule has 1 unspecified atom stereocenters. The molecule has 4 aromatic rings. The van der Waals surface area contributed by atoms with E-state index in [0.29, 0.717) is 29.3 Å².